The van der Waals surface area contributed by atoms with E-state index in [1.807, 2.05) is 16.9 Å². The largest absolute Gasteiger partial charge is 0.490 e. The third-order valence-corrected chi connectivity index (χ3v) is 26.2. The predicted molar refractivity (Wildman–Crippen MR) is 411 cm³/mol. The first kappa shape index (κ1) is 84.7. The number of aryl methyl sites for hydroxylation is 2. The van der Waals surface area contributed by atoms with Crippen LogP contribution in [0.5, 0.6) is 11.5 Å². The number of Topliss-reactive ketones (excluding diaryl/α,β-unsaturated/α-hetero) is 1. The van der Waals surface area contributed by atoms with E-state index in [0.29, 0.717) is 86.1 Å². The summed E-state index contributed by atoms with van der Waals surface area (Å²) < 4.78 is 97.6. The smallest absolute Gasteiger partial charge is 0.478 e. The number of phosphoric acid groups is 3. The molecule has 0 saturated carbocycles. The molecule has 6 aliphatic heterocycles. The molecular weight excluding hydrogens is 1540 g/mol. The third-order valence-electron chi connectivity index (χ3n) is 18.6. The number of rotatable bonds is 37. The average molecular weight is 1640 g/mol. The zero-order chi connectivity index (χ0) is 77.3. The molecule has 0 spiro atoms. The van der Waals surface area contributed by atoms with Crippen LogP contribution in [-0.2, 0) is 111 Å². The van der Waals surface area contributed by atoms with Gasteiger partial charge in [0.2, 0.25) is 5.36 Å². The van der Waals surface area contributed by atoms with Crippen molar-refractivity contribution >= 4 is 118 Å². The van der Waals surface area contributed by atoms with E-state index in [4.69, 9.17) is 64.4 Å². The minimum absolute atomic E-state index is 0.0580. The standard InChI is InChI=1S/C42H47N3O8.C29H47N4O15P3S4/c1-50-42(49)43-14-20-52-22-21-51-19-6-11-35(46)26-12-13-29(41(47)48)32(23-26)36-33-24-27-7-2-15-44-17-4-9-30(37(27)44)39(33)53-40-31-10-5-18-45-16-3-8-28(38(31)45)25-34(36)40;1-5-12-29(2,3)54-53-19-42-13-8-9-14-43-25(34)11-7-6-10-21-16-33(28-26(21)27(30)31-18-32-28)24-15-22(44-20-55(4)52)23(46-24)17-45-50(38,39)48-51(40,41)47-49(35,36)37/h12-13,23-25H,2-11,14-22H2,1H3,(H-,43,47,48,49);16,18,22-24H,5,7-9,11-15,17,19-20H2,1-4H3,(H,38,39)(H,40,41)(H2,30,31,32)(H2,35,36,37)/p+1/t;22-,23+,24+,55?/m.0/s1. The van der Waals surface area contributed by atoms with E-state index in [9.17, 15) is 47.8 Å². The average Bonchev–Trinajstić information content (AvgIpc) is 1.60. The fourth-order valence-corrected chi connectivity index (χ4v) is 20.1. The van der Waals surface area contributed by atoms with E-state index in [1.54, 1.807) is 39.9 Å². The van der Waals surface area contributed by atoms with Crippen LogP contribution in [0.2, 0.25) is 0 Å². The first-order chi connectivity index (χ1) is 51.6. The van der Waals surface area contributed by atoms with Crippen LogP contribution in [0.1, 0.15) is 170 Å². The summed E-state index contributed by atoms with van der Waals surface area (Å²) in [6.45, 7) is 12.7. The number of methoxy groups -OCH3 is 1. The highest BCUT2D eigenvalue weighted by Crippen LogP contribution is 2.66. The molecule has 1 amide bonds. The van der Waals surface area contributed by atoms with Crippen LogP contribution in [0, 0.1) is 11.8 Å². The highest BCUT2D eigenvalue weighted by Gasteiger charge is 2.45. The zero-order valence-electron chi connectivity index (χ0n) is 61.1. The number of carboxylic acids is 1. The number of fused-ring (bicyclic) bond motifs is 5. The van der Waals surface area contributed by atoms with Crippen molar-refractivity contribution in [2.75, 3.05) is 115 Å². The van der Waals surface area contributed by atoms with Gasteiger partial charge >= 0.3 is 41.5 Å². The van der Waals surface area contributed by atoms with Crippen LogP contribution in [-0.4, -0.2) is 184 Å². The van der Waals surface area contributed by atoms with Gasteiger partial charge in [-0.1, -0.05) is 62.3 Å². The molecule has 2 aromatic heterocycles. The number of hydrogen-bond acceptors (Lipinski definition) is 25. The van der Waals surface area contributed by atoms with Gasteiger partial charge in [0.15, 0.2) is 5.78 Å². The molecule has 11 rings (SSSR count). The Kier molecular flexibility index (Phi) is 30.7. The van der Waals surface area contributed by atoms with E-state index < -0.39 is 70.0 Å². The maximum Gasteiger partial charge on any atom is 0.490 e. The van der Waals surface area contributed by atoms with Crippen molar-refractivity contribution in [3.63, 3.8) is 0 Å². The van der Waals surface area contributed by atoms with Gasteiger partial charge in [0.05, 0.1) is 80.7 Å². The second kappa shape index (κ2) is 39.1. The fourth-order valence-electron chi connectivity index (χ4n) is 14.1. The van der Waals surface area contributed by atoms with Crippen molar-refractivity contribution in [1.29, 1.82) is 0 Å². The number of aromatic carboxylic acids is 1. The molecular formula is C71H95N7O23P3S4+. The number of alkyl carbamates (subject to hydrolysis) is 1. The normalized spacial score (nSPS) is 18.5. The summed E-state index contributed by atoms with van der Waals surface area (Å²) in [5, 5.41) is 15.8. The Morgan fingerprint density at radius 2 is 1.59 bits per heavy atom. The van der Waals surface area contributed by atoms with Crippen molar-refractivity contribution in [2.24, 2.45) is 0 Å². The molecule has 108 heavy (non-hydrogen) atoms. The van der Waals surface area contributed by atoms with Crippen molar-refractivity contribution < 1.29 is 109 Å². The van der Waals surface area contributed by atoms with Gasteiger partial charge in [0.1, 0.15) is 60.7 Å². The van der Waals surface area contributed by atoms with Crippen LogP contribution in [0.4, 0.5) is 16.3 Å². The first-order valence-electron chi connectivity index (χ1n) is 35.9. The van der Waals surface area contributed by atoms with E-state index in [0.717, 1.165) is 125 Å². The number of nitrogens with two attached hydrogens (primary N) is 1. The highest BCUT2D eigenvalue weighted by molar-refractivity contribution is 8.77. The number of nitrogens with zero attached hydrogens (tertiary/aromatic N) is 5. The number of amides is 1. The molecule has 0 radical (unpaired) electrons. The molecule has 6 atom stereocenters. The number of benzene rings is 3. The summed E-state index contributed by atoms with van der Waals surface area (Å²) >= 11 is 5.22. The number of phosphoric ester groups is 1. The highest BCUT2D eigenvalue weighted by atomic mass is 33.1. The summed E-state index contributed by atoms with van der Waals surface area (Å²) in [5.41, 5.74) is 16.4. The minimum atomic E-state index is -5.72. The number of aromatic nitrogens is 3. The van der Waals surface area contributed by atoms with Gasteiger partial charge in [-0.05, 0) is 131 Å². The number of carboxylic acid groups (broad SMARTS) is 1. The number of ether oxygens (including phenoxy) is 8. The molecule has 3 unspecified atom stereocenters. The number of hydrogen-bond donors (Lipinski definition) is 7. The first-order valence-corrected chi connectivity index (χ1v) is 45.5. The number of nitrogen functional groups attached to an aromatic ring is 1. The molecule has 1 fully saturated rings. The van der Waals surface area contributed by atoms with Gasteiger partial charge in [-0.25, -0.2) is 37.8 Å². The number of unbranched alkanes of at least 4 members (excludes halogenated alkanes) is 1. The van der Waals surface area contributed by atoms with Crippen molar-refractivity contribution in [3.8, 4) is 23.3 Å². The summed E-state index contributed by atoms with van der Waals surface area (Å²) in [4.78, 5) is 98.0. The van der Waals surface area contributed by atoms with Crippen LogP contribution in [0.25, 0.3) is 16.6 Å². The van der Waals surface area contributed by atoms with E-state index in [1.165, 1.54) is 46.7 Å². The van der Waals surface area contributed by atoms with Gasteiger partial charge in [0.25, 0.3) is 0 Å². The van der Waals surface area contributed by atoms with E-state index in [-0.39, 0.29) is 66.1 Å². The lowest BCUT2D eigenvalue weighted by atomic mass is 9.81. The van der Waals surface area contributed by atoms with Gasteiger partial charge in [-0.15, -0.1) is 0 Å². The molecule has 37 heteroatoms. The number of ketones is 1. The lowest BCUT2D eigenvalue weighted by molar-refractivity contribution is -0.143. The summed E-state index contributed by atoms with van der Waals surface area (Å²) in [6.07, 6.45) is 14.4. The number of carbonyl (C=O) groups excluding carboxylic acids is 3. The second-order valence-corrected chi connectivity index (χ2v) is 37.6. The number of anilines is 2. The lowest BCUT2D eigenvalue weighted by Gasteiger charge is -2.39. The Bertz CT molecular complexity index is 4490. The molecule has 8 N–H and O–H groups in total. The van der Waals surface area contributed by atoms with Gasteiger partial charge in [-0.2, -0.15) is 8.62 Å². The van der Waals surface area contributed by atoms with Crippen LogP contribution in [0.3, 0.4) is 0 Å². The topological polar surface area (TPSA) is 397 Å². The third kappa shape index (κ3) is 23.0. The summed E-state index contributed by atoms with van der Waals surface area (Å²) in [5.74, 6) is 7.06. The van der Waals surface area contributed by atoms with Gasteiger partial charge in [0, 0.05) is 115 Å². The predicted octanol–water partition coefficient (Wildman–Crippen LogP) is 9.26. The van der Waals surface area contributed by atoms with Crippen molar-refractivity contribution in [3.05, 3.63) is 104 Å². The van der Waals surface area contributed by atoms with Gasteiger partial charge < -0.3 is 83.1 Å². The maximum atomic E-state index is 13.7. The molecule has 6 aliphatic rings. The molecule has 0 bridgehead atoms. The quantitative estimate of drug-likeness (QED) is 0.00279. The van der Waals surface area contributed by atoms with Crippen LogP contribution in [0.15, 0.2) is 42.9 Å². The monoisotopic (exact) mass is 1630 g/mol. The van der Waals surface area contributed by atoms with Gasteiger partial charge in [-0.3, -0.25) is 14.1 Å². The molecule has 3 aromatic carbocycles. The second-order valence-electron chi connectivity index (χ2n) is 27.1. The maximum absolute atomic E-state index is 13.7. The molecule has 30 nitrogen and oxygen atoms in total. The van der Waals surface area contributed by atoms with Crippen molar-refractivity contribution in [2.45, 2.75) is 153 Å². The van der Waals surface area contributed by atoms with E-state index in [2.05, 4.69) is 82.9 Å². The molecule has 5 aromatic rings. The molecule has 0 aliphatic carbocycles. The van der Waals surface area contributed by atoms with Crippen LogP contribution >= 0.6 is 45.1 Å². The van der Waals surface area contributed by atoms with Crippen LogP contribution < -0.4 is 35.8 Å². The minimum Gasteiger partial charge on any atom is -0.478 e. The Labute approximate surface area is 641 Å². The Morgan fingerprint density at radius 3 is 2.34 bits per heavy atom. The Hall–Kier alpha value is -5.73. The molecule has 590 valence electrons. The molecule has 1 saturated heterocycles. The Morgan fingerprint density at radius 1 is 0.861 bits per heavy atom. The van der Waals surface area contributed by atoms with Crippen molar-refractivity contribution in [1.82, 2.24) is 24.4 Å². The zero-order valence-corrected chi connectivity index (χ0v) is 67.0. The lowest BCUT2D eigenvalue weighted by Crippen LogP contribution is -2.45. The summed E-state index contributed by atoms with van der Waals surface area (Å²) in [6, 6.07) is 9.59. The number of carbonyl (C=O) groups is 4. The molecule has 8 heterocycles. The summed E-state index contributed by atoms with van der Waals surface area (Å²) in [7, 11) is -12.5. The number of esters is 1. The van der Waals surface area contributed by atoms with E-state index >= 15 is 0 Å². The SMILES string of the molecule is CCCC(C)(C)SSCOCCCCOC(=O)CCC#Cc1cn([C@H]2C[C@H](OCS(C)=S)[C@@H](COP(=O)(O)OP(=O)(O)OP(=O)(O)O)O2)c2ncnc(N)c12.COC(=O)NCCOCCOCCCC(=O)c1ccc(C(=O)O)c(C2=c3cc4c5c(c3Oc3c2cc2c6c3CCCN6CCC2)CCC[N+]=5CCC4)c1. The Balaban J connectivity index is 0.000000230. The number of nitrogens with one attached hydrogen (secondary N) is 1. The fraction of sp³-hybridized carbons (Fsp3) is 0.563.